The first-order valence-corrected chi connectivity index (χ1v) is 5.61. The minimum absolute atomic E-state index is 0. The van der Waals surface area contributed by atoms with Crippen LogP contribution in [0.5, 0.6) is 0 Å². The maximum atomic E-state index is 5.40. The third-order valence-electron chi connectivity index (χ3n) is 2.39. The van der Waals surface area contributed by atoms with Crippen LogP contribution < -0.4 is 0 Å². The van der Waals surface area contributed by atoms with Gasteiger partial charge in [0.15, 0.2) is 0 Å². The van der Waals surface area contributed by atoms with Crippen molar-refractivity contribution in [1.29, 1.82) is 0 Å². The Balaban J connectivity index is 0. The van der Waals surface area contributed by atoms with E-state index in [9.17, 15) is 0 Å². The Kier molecular flexibility index (Phi) is 9.03. The molecule has 1 aliphatic rings. The molecule has 1 aliphatic heterocycles. The molecule has 0 aromatic rings. The molecule has 1 rings (SSSR count). The van der Waals surface area contributed by atoms with Gasteiger partial charge in [0.2, 0.25) is 0 Å². The predicted molar refractivity (Wildman–Crippen MR) is 62.9 cm³/mol. The quantitative estimate of drug-likeness (QED) is 0.721. The van der Waals surface area contributed by atoms with Gasteiger partial charge in [0, 0.05) is 39.8 Å². The van der Waals surface area contributed by atoms with Crippen LogP contribution in [0.3, 0.4) is 0 Å². The van der Waals surface area contributed by atoms with Gasteiger partial charge in [0.1, 0.15) is 0 Å². The van der Waals surface area contributed by atoms with Crippen LogP contribution in [0.2, 0.25) is 0 Å². The van der Waals surface area contributed by atoms with Crippen LogP contribution in [-0.2, 0) is 37.4 Å². The molecule has 0 spiro atoms. The van der Waals surface area contributed by atoms with Crippen molar-refractivity contribution in [2.45, 2.75) is 71.6 Å². The van der Waals surface area contributed by atoms with E-state index in [1.165, 1.54) is 0 Å². The molecule has 1 radical (unpaired) electrons. The van der Waals surface area contributed by atoms with E-state index in [1.54, 1.807) is 7.11 Å². The van der Waals surface area contributed by atoms with Gasteiger partial charge in [-0.3, -0.25) is 0 Å². The van der Waals surface area contributed by atoms with Crippen molar-refractivity contribution in [1.82, 2.24) is 0 Å². The van der Waals surface area contributed by atoms with E-state index in [-0.39, 0.29) is 43.8 Å². The number of hydrogen-bond acceptors (Lipinski definition) is 1. The number of hydrogen-bond donors (Lipinski definition) is 0. The summed E-state index contributed by atoms with van der Waals surface area (Å²) >= 11 is 0. The largest absolute Gasteiger partial charge is 0.652 e. The molecule has 0 bridgehead atoms. The summed E-state index contributed by atoms with van der Waals surface area (Å²) in [5.41, 5.74) is 0.171. The minimum Gasteiger partial charge on any atom is -0.652 e. The number of methoxy groups -OCH3 is 1. The van der Waals surface area contributed by atoms with E-state index >= 15 is 0 Å². The van der Waals surface area contributed by atoms with Crippen LogP contribution in [0, 0.1) is 0 Å². The van der Waals surface area contributed by atoms with Gasteiger partial charge in [-0.15, -0.1) is 11.1 Å². The van der Waals surface area contributed by atoms with Crippen molar-refractivity contribution in [3.63, 3.8) is 0 Å². The first kappa shape index (κ1) is 18.4. The van der Waals surface area contributed by atoms with Crippen LogP contribution in [0.4, 0.5) is 0 Å². The summed E-state index contributed by atoms with van der Waals surface area (Å²) < 4.78 is 5.40. The molecule has 0 unspecified atom stereocenters. The van der Waals surface area contributed by atoms with Gasteiger partial charge in [0.25, 0.3) is 0 Å². The van der Waals surface area contributed by atoms with Crippen LogP contribution in [0.15, 0.2) is 0 Å². The Morgan fingerprint density at radius 2 is 1.33 bits per heavy atom. The van der Waals surface area contributed by atoms with Gasteiger partial charge in [-0.05, 0) is 12.8 Å². The second kappa shape index (κ2) is 7.37. The number of ether oxygens (including phenoxy) is 1. The average Bonchev–Trinajstić information content (AvgIpc) is 2.02. The Bertz CT molecular complexity index is 153. The molecule has 89 valence electrons. The van der Waals surface area contributed by atoms with Crippen LogP contribution in [-0.4, -0.2) is 24.3 Å². The second-order valence-corrected chi connectivity index (χ2v) is 5.00. The summed E-state index contributed by atoms with van der Waals surface area (Å²) in [5, 5.41) is 4.76. The maximum Gasteiger partial charge on any atom is 0.0548 e. The summed E-state index contributed by atoms with van der Waals surface area (Å²) in [4.78, 5) is 0. The van der Waals surface area contributed by atoms with Crippen molar-refractivity contribution >= 4 is 0 Å². The zero-order chi connectivity index (χ0) is 11.4. The number of rotatable bonds is 1. The normalized spacial score (nSPS) is 23.4. The first-order chi connectivity index (χ1) is 6.35. The summed E-state index contributed by atoms with van der Waals surface area (Å²) in [6.45, 7) is 12.7. The van der Waals surface area contributed by atoms with E-state index in [0.717, 1.165) is 12.8 Å². The molecule has 1 heterocycles. The van der Waals surface area contributed by atoms with Gasteiger partial charge in [0.05, 0.1) is 6.10 Å². The standard InChI is InChI=1S/C10H20NO.C2H6.Y/c1-9(2)6-8(12-5)7-10(3,4)11-9;1-2;/h8H,6-7H2,1-5H3;1-2H3;/q-1;;. The van der Waals surface area contributed by atoms with E-state index in [4.69, 9.17) is 10.1 Å². The first-order valence-electron chi connectivity index (χ1n) is 5.61. The average molecular weight is 289 g/mol. The molecule has 0 atom stereocenters. The summed E-state index contributed by atoms with van der Waals surface area (Å²) in [5.74, 6) is 0. The molecule has 0 N–H and O–H groups in total. The number of nitrogens with zero attached hydrogens (tertiary/aromatic N) is 1. The minimum atomic E-state index is 0. The van der Waals surface area contributed by atoms with Gasteiger partial charge in [-0.2, -0.15) is 0 Å². The maximum absolute atomic E-state index is 5.40. The van der Waals surface area contributed by atoms with Crippen LogP contribution in [0.25, 0.3) is 5.32 Å². The molecule has 0 aromatic carbocycles. The number of piperidine rings is 1. The van der Waals surface area contributed by atoms with Crippen molar-refractivity contribution in [3.05, 3.63) is 5.32 Å². The third kappa shape index (κ3) is 7.04. The summed E-state index contributed by atoms with van der Waals surface area (Å²) in [6, 6.07) is 0. The molecule has 15 heavy (non-hydrogen) atoms. The van der Waals surface area contributed by atoms with Crippen molar-refractivity contribution in [2.24, 2.45) is 0 Å². The smallest absolute Gasteiger partial charge is 0.0548 e. The molecule has 0 amide bonds. The molecule has 1 fully saturated rings. The zero-order valence-electron chi connectivity index (χ0n) is 11.4. The molecule has 0 saturated carbocycles. The van der Waals surface area contributed by atoms with Crippen molar-refractivity contribution in [3.8, 4) is 0 Å². The molecular weight excluding hydrogens is 263 g/mol. The fourth-order valence-electron chi connectivity index (χ4n) is 2.26. The Labute approximate surface area is 121 Å². The topological polar surface area (TPSA) is 23.3 Å². The third-order valence-corrected chi connectivity index (χ3v) is 2.39. The molecule has 0 aromatic heterocycles. The Morgan fingerprint density at radius 1 is 1.00 bits per heavy atom. The fraction of sp³-hybridized carbons (Fsp3) is 1.00. The van der Waals surface area contributed by atoms with Gasteiger partial charge in [-0.1, -0.05) is 41.5 Å². The SMILES string of the molecule is CC.COC1CC(C)(C)[N-]C(C)(C)C1.[Y]. The fourth-order valence-corrected chi connectivity index (χ4v) is 2.26. The second-order valence-electron chi connectivity index (χ2n) is 5.00. The van der Waals surface area contributed by atoms with E-state index in [2.05, 4.69) is 27.7 Å². The van der Waals surface area contributed by atoms with E-state index in [1.807, 2.05) is 13.8 Å². The molecular formula is C12H26NOY-. The van der Waals surface area contributed by atoms with Gasteiger partial charge >= 0.3 is 0 Å². The monoisotopic (exact) mass is 289 g/mol. The summed E-state index contributed by atoms with van der Waals surface area (Å²) in [7, 11) is 1.79. The van der Waals surface area contributed by atoms with E-state index in [0.29, 0.717) is 6.10 Å². The van der Waals surface area contributed by atoms with Crippen molar-refractivity contribution < 1.29 is 37.4 Å². The van der Waals surface area contributed by atoms with Gasteiger partial charge < -0.3 is 10.1 Å². The van der Waals surface area contributed by atoms with Crippen molar-refractivity contribution in [2.75, 3.05) is 7.11 Å². The van der Waals surface area contributed by atoms with Crippen LogP contribution in [0.1, 0.15) is 54.4 Å². The Morgan fingerprint density at radius 3 is 1.60 bits per heavy atom. The van der Waals surface area contributed by atoms with Gasteiger partial charge in [-0.25, -0.2) is 0 Å². The molecule has 1 saturated heterocycles. The predicted octanol–water partition coefficient (Wildman–Crippen LogP) is 3.75. The van der Waals surface area contributed by atoms with Crippen LogP contribution >= 0.6 is 0 Å². The molecule has 3 heteroatoms. The Hall–Kier alpha value is 1.02. The molecule has 2 nitrogen and oxygen atoms in total. The molecule has 0 aliphatic carbocycles. The van der Waals surface area contributed by atoms with E-state index < -0.39 is 0 Å². The zero-order valence-corrected chi connectivity index (χ0v) is 14.3. The summed E-state index contributed by atoms with van der Waals surface area (Å²) in [6.07, 6.45) is 2.48.